The molecule has 1 atom stereocenters. The largest absolute Gasteiger partial charge is 0.497 e. The van der Waals surface area contributed by atoms with Crippen molar-refractivity contribution in [3.8, 4) is 17.2 Å². The van der Waals surface area contributed by atoms with E-state index in [1.165, 1.54) is 16.9 Å². The molecule has 0 bridgehead atoms. The van der Waals surface area contributed by atoms with Gasteiger partial charge in [-0.3, -0.25) is 9.36 Å². The van der Waals surface area contributed by atoms with Crippen LogP contribution in [0.5, 0.6) is 17.2 Å². The van der Waals surface area contributed by atoms with Crippen LogP contribution >= 0.6 is 11.3 Å². The van der Waals surface area contributed by atoms with Crippen LogP contribution in [0.1, 0.15) is 36.6 Å². The Morgan fingerprint density at radius 3 is 2.33 bits per heavy atom. The summed E-state index contributed by atoms with van der Waals surface area (Å²) in [6.45, 7) is 6.54. The zero-order valence-corrected chi connectivity index (χ0v) is 24.8. The quantitative estimate of drug-likeness (QED) is 0.200. The maximum Gasteiger partial charge on any atom is 0.338 e. The van der Waals surface area contributed by atoms with Gasteiger partial charge in [0.1, 0.15) is 30.5 Å². The first kappa shape index (κ1) is 28.9. The highest BCUT2D eigenvalue weighted by Crippen LogP contribution is 2.31. The van der Waals surface area contributed by atoms with Gasteiger partial charge in [-0.1, -0.05) is 53.3 Å². The van der Waals surface area contributed by atoms with Crippen LogP contribution in [0, 0.1) is 6.92 Å². The Labute approximate surface area is 247 Å². The Hall–Kier alpha value is -4.63. The molecule has 42 heavy (non-hydrogen) atoms. The Kier molecular flexibility index (Phi) is 8.88. The van der Waals surface area contributed by atoms with Gasteiger partial charge in [-0.05, 0) is 74.4 Å². The zero-order valence-electron chi connectivity index (χ0n) is 24.0. The Bertz CT molecular complexity index is 1790. The molecular formula is C33H32N2O6S. The van der Waals surface area contributed by atoms with Gasteiger partial charge in [-0.25, -0.2) is 9.79 Å². The summed E-state index contributed by atoms with van der Waals surface area (Å²) in [4.78, 5) is 32.1. The summed E-state index contributed by atoms with van der Waals surface area (Å²) in [6, 6.07) is 22.0. The van der Waals surface area contributed by atoms with E-state index in [9.17, 15) is 9.59 Å². The number of fused-ring (bicyclic) bond motifs is 1. The smallest absolute Gasteiger partial charge is 0.338 e. The fraction of sp³-hybridized carbons (Fsp3) is 0.242. The SMILES string of the molecule is CCOC(=O)C1=C(C)N=c2s/c(=C/c3cccc(OCCOc4ccc(C)cc4)c3)c(=O)n2[C@H]1c1ccc(OC)cc1. The number of aryl methyl sites for hydroxylation is 1. The molecule has 5 rings (SSSR count). The van der Waals surface area contributed by atoms with Crippen LogP contribution < -0.4 is 29.1 Å². The molecular weight excluding hydrogens is 552 g/mol. The lowest BCUT2D eigenvalue weighted by Gasteiger charge is -2.24. The second-order valence-electron chi connectivity index (χ2n) is 9.66. The van der Waals surface area contributed by atoms with E-state index in [-0.39, 0.29) is 12.2 Å². The van der Waals surface area contributed by atoms with Crippen molar-refractivity contribution in [2.75, 3.05) is 26.9 Å². The first-order chi connectivity index (χ1) is 20.4. The lowest BCUT2D eigenvalue weighted by molar-refractivity contribution is -0.139. The third-order valence-electron chi connectivity index (χ3n) is 6.75. The standard InChI is InChI=1S/C33H32N2O6S/c1-5-39-32(37)29-22(3)34-33-35(30(29)24-11-15-25(38-4)16-12-24)31(36)28(42-33)20-23-7-6-8-27(19-23)41-18-17-40-26-13-9-21(2)10-14-26/h6-16,19-20,30H,5,17-18H2,1-4H3/b28-20+/t30-/m0/s1. The Morgan fingerprint density at radius 2 is 1.64 bits per heavy atom. The molecule has 4 aromatic rings. The minimum absolute atomic E-state index is 0.214. The number of hydrogen-bond donors (Lipinski definition) is 0. The molecule has 1 aliphatic rings. The third kappa shape index (κ3) is 6.31. The van der Waals surface area contributed by atoms with Crippen molar-refractivity contribution >= 4 is 23.4 Å². The highest BCUT2D eigenvalue weighted by Gasteiger charge is 2.33. The van der Waals surface area contributed by atoms with Crippen molar-refractivity contribution in [1.82, 2.24) is 4.57 Å². The first-order valence-corrected chi connectivity index (χ1v) is 14.5. The average Bonchev–Trinajstić information content (AvgIpc) is 3.29. The van der Waals surface area contributed by atoms with Crippen molar-refractivity contribution < 1.29 is 23.7 Å². The predicted molar refractivity (Wildman–Crippen MR) is 162 cm³/mol. The normalized spacial score (nSPS) is 14.7. The summed E-state index contributed by atoms with van der Waals surface area (Å²) in [5.41, 5.74) is 3.35. The second kappa shape index (κ2) is 12.9. The van der Waals surface area contributed by atoms with Crippen LogP contribution in [0.15, 0.2) is 93.9 Å². The van der Waals surface area contributed by atoms with E-state index in [0.29, 0.717) is 45.3 Å². The number of allylic oxidation sites excluding steroid dienone is 1. The lowest BCUT2D eigenvalue weighted by atomic mass is 9.96. The topological polar surface area (TPSA) is 88.4 Å². The number of benzene rings is 3. The van der Waals surface area contributed by atoms with Gasteiger partial charge in [-0.15, -0.1) is 0 Å². The zero-order chi connectivity index (χ0) is 29.6. The predicted octanol–water partition coefficient (Wildman–Crippen LogP) is 4.57. The summed E-state index contributed by atoms with van der Waals surface area (Å²) >= 11 is 1.28. The molecule has 9 heteroatoms. The second-order valence-corrected chi connectivity index (χ2v) is 10.7. The van der Waals surface area contributed by atoms with E-state index in [4.69, 9.17) is 18.9 Å². The monoisotopic (exact) mass is 584 g/mol. The van der Waals surface area contributed by atoms with Crippen molar-refractivity contribution in [1.29, 1.82) is 0 Å². The number of carbonyl (C=O) groups excluding carboxylic acids is 1. The van der Waals surface area contributed by atoms with Crippen LogP contribution in [-0.2, 0) is 9.53 Å². The molecule has 0 spiro atoms. The van der Waals surface area contributed by atoms with Crippen LogP contribution in [0.3, 0.4) is 0 Å². The van der Waals surface area contributed by atoms with Gasteiger partial charge in [0.05, 0.1) is 35.6 Å². The van der Waals surface area contributed by atoms with Crippen molar-refractivity contribution in [3.63, 3.8) is 0 Å². The maximum atomic E-state index is 13.8. The summed E-state index contributed by atoms with van der Waals surface area (Å²) < 4.78 is 24.4. The Morgan fingerprint density at radius 1 is 0.952 bits per heavy atom. The minimum atomic E-state index is -0.684. The molecule has 0 amide bonds. The summed E-state index contributed by atoms with van der Waals surface area (Å²) in [7, 11) is 1.59. The van der Waals surface area contributed by atoms with Gasteiger partial charge in [0.25, 0.3) is 5.56 Å². The average molecular weight is 585 g/mol. The summed E-state index contributed by atoms with van der Waals surface area (Å²) in [6.07, 6.45) is 1.81. The van der Waals surface area contributed by atoms with Crippen LogP contribution in [0.25, 0.3) is 6.08 Å². The van der Waals surface area contributed by atoms with Crippen LogP contribution in [0.4, 0.5) is 0 Å². The molecule has 8 nitrogen and oxygen atoms in total. The van der Waals surface area contributed by atoms with E-state index < -0.39 is 12.0 Å². The number of esters is 1. The van der Waals surface area contributed by atoms with E-state index in [1.807, 2.05) is 73.7 Å². The van der Waals surface area contributed by atoms with Gasteiger partial charge < -0.3 is 18.9 Å². The fourth-order valence-corrected chi connectivity index (χ4v) is 5.74. The number of carbonyl (C=O) groups is 1. The fourth-order valence-electron chi connectivity index (χ4n) is 4.69. The van der Waals surface area contributed by atoms with Crippen molar-refractivity contribution in [2.24, 2.45) is 4.99 Å². The van der Waals surface area contributed by atoms with Crippen LogP contribution in [0.2, 0.25) is 0 Å². The molecule has 0 unspecified atom stereocenters. The van der Waals surface area contributed by atoms with Crippen molar-refractivity contribution in [2.45, 2.75) is 26.8 Å². The molecule has 0 aliphatic carbocycles. The Balaban J connectivity index is 1.43. The van der Waals surface area contributed by atoms with Crippen molar-refractivity contribution in [3.05, 3.63) is 120 Å². The minimum Gasteiger partial charge on any atom is -0.497 e. The summed E-state index contributed by atoms with van der Waals surface area (Å²) in [5, 5.41) is 0. The number of hydrogen-bond acceptors (Lipinski definition) is 8. The molecule has 0 radical (unpaired) electrons. The number of methoxy groups -OCH3 is 1. The molecule has 2 heterocycles. The van der Waals surface area contributed by atoms with Gasteiger partial charge in [0.15, 0.2) is 4.80 Å². The molecule has 216 valence electrons. The summed E-state index contributed by atoms with van der Waals surface area (Å²) in [5.74, 6) is 1.64. The molecule has 1 aliphatic heterocycles. The van der Waals surface area contributed by atoms with Gasteiger partial charge in [-0.2, -0.15) is 0 Å². The highest BCUT2D eigenvalue weighted by molar-refractivity contribution is 7.07. The first-order valence-electron chi connectivity index (χ1n) is 13.6. The number of aromatic nitrogens is 1. The highest BCUT2D eigenvalue weighted by atomic mass is 32.1. The third-order valence-corrected chi connectivity index (χ3v) is 7.73. The molecule has 1 aromatic heterocycles. The van der Waals surface area contributed by atoms with E-state index >= 15 is 0 Å². The van der Waals surface area contributed by atoms with Crippen LogP contribution in [-0.4, -0.2) is 37.5 Å². The number of thiazole rings is 1. The molecule has 0 N–H and O–H groups in total. The van der Waals surface area contributed by atoms with Gasteiger partial charge in [0.2, 0.25) is 0 Å². The number of nitrogens with zero attached hydrogens (tertiary/aromatic N) is 2. The molecule has 0 saturated heterocycles. The number of ether oxygens (including phenoxy) is 4. The van der Waals surface area contributed by atoms with Gasteiger partial charge >= 0.3 is 5.97 Å². The van der Waals surface area contributed by atoms with E-state index in [2.05, 4.69) is 4.99 Å². The van der Waals surface area contributed by atoms with E-state index in [1.54, 1.807) is 37.7 Å². The lowest BCUT2D eigenvalue weighted by Crippen LogP contribution is -2.39. The molecule has 0 fully saturated rings. The van der Waals surface area contributed by atoms with E-state index in [0.717, 1.165) is 16.9 Å². The maximum absolute atomic E-state index is 13.8. The number of rotatable bonds is 10. The molecule has 3 aromatic carbocycles. The molecule has 0 saturated carbocycles. The van der Waals surface area contributed by atoms with Gasteiger partial charge in [0, 0.05) is 0 Å².